The van der Waals surface area contributed by atoms with Crippen LogP contribution in [0.15, 0.2) is 63.5 Å². The lowest BCUT2D eigenvalue weighted by Gasteiger charge is -2.43. The number of benzene rings is 2. The molecule has 1 aliphatic heterocycles. The fourth-order valence-electron chi connectivity index (χ4n) is 6.02. The molecular weight excluding hydrogens is 570 g/mol. The molecule has 2 aromatic rings. The Bertz CT molecular complexity index is 1440. The normalized spacial score (nSPS) is 20.1. The highest BCUT2D eigenvalue weighted by molar-refractivity contribution is 9.10. The first-order valence-corrected chi connectivity index (χ1v) is 14.5. The monoisotopic (exact) mass is 605 g/mol. The fourth-order valence-corrected chi connectivity index (χ4v) is 6.40. The van der Waals surface area contributed by atoms with Crippen molar-refractivity contribution >= 4 is 39.1 Å². The van der Waals surface area contributed by atoms with Gasteiger partial charge in [-0.25, -0.2) is 0 Å². The van der Waals surface area contributed by atoms with Gasteiger partial charge in [-0.1, -0.05) is 49.7 Å². The number of ether oxygens (including phenoxy) is 2. The summed E-state index contributed by atoms with van der Waals surface area (Å²) in [5.41, 5.74) is 4.20. The first kappa shape index (κ1) is 28.3. The molecule has 3 aliphatic rings. The number of ketones is 2. The molecule has 0 aromatic heterocycles. The Morgan fingerprint density at radius 3 is 2.08 bits per heavy atom. The molecule has 0 atom stereocenters. The first-order chi connectivity index (χ1) is 18.7. The number of hydrogen-bond donors (Lipinski definition) is 1. The highest BCUT2D eigenvalue weighted by Gasteiger charge is 2.48. The number of aryl methyl sites for hydroxylation is 2. The number of carbonyl (C=O) groups excluding carboxylic acids is 3. The predicted molar refractivity (Wildman–Crippen MR) is 158 cm³/mol. The largest absolute Gasteiger partial charge is 0.483 e. The molecule has 2 aromatic carbocycles. The van der Waals surface area contributed by atoms with Gasteiger partial charge in [-0.15, -0.1) is 0 Å². The fraction of sp³-hybridized carbons (Fsp3) is 0.424. The molecule has 5 rings (SSSR count). The van der Waals surface area contributed by atoms with Gasteiger partial charge in [0.2, 0.25) is 0 Å². The summed E-state index contributed by atoms with van der Waals surface area (Å²) in [7, 11) is 0. The van der Waals surface area contributed by atoms with E-state index >= 15 is 0 Å². The lowest BCUT2D eigenvalue weighted by atomic mass is 9.65. The van der Waals surface area contributed by atoms with Gasteiger partial charge < -0.3 is 14.8 Å². The number of allylic oxidation sites excluding steroid dienone is 4. The number of amides is 1. The maximum absolute atomic E-state index is 13.7. The highest BCUT2D eigenvalue weighted by Crippen LogP contribution is 2.54. The Kier molecular flexibility index (Phi) is 7.32. The smallest absolute Gasteiger partial charge is 0.262 e. The number of halogens is 1. The van der Waals surface area contributed by atoms with Crippen molar-refractivity contribution in [3.05, 3.63) is 80.2 Å². The van der Waals surface area contributed by atoms with Gasteiger partial charge in [0.15, 0.2) is 18.2 Å². The second-order valence-electron chi connectivity index (χ2n) is 12.9. The second-order valence-corrected chi connectivity index (χ2v) is 13.8. The van der Waals surface area contributed by atoms with E-state index in [2.05, 4.69) is 48.9 Å². The van der Waals surface area contributed by atoms with Crippen LogP contribution >= 0.6 is 15.9 Å². The minimum absolute atomic E-state index is 0.0150. The Morgan fingerprint density at radius 2 is 1.50 bits per heavy atom. The van der Waals surface area contributed by atoms with Crippen molar-refractivity contribution in [2.75, 3.05) is 11.9 Å². The summed E-state index contributed by atoms with van der Waals surface area (Å²) in [5.74, 6) is 0.816. The zero-order valence-corrected chi connectivity index (χ0v) is 25.6. The Labute approximate surface area is 244 Å². The summed E-state index contributed by atoms with van der Waals surface area (Å²) in [6.45, 7) is 12.1. The van der Waals surface area contributed by atoms with Crippen molar-refractivity contribution in [1.82, 2.24) is 0 Å². The average Bonchev–Trinajstić information content (AvgIpc) is 2.82. The Balaban J connectivity index is 1.52. The van der Waals surface area contributed by atoms with E-state index in [9.17, 15) is 14.4 Å². The van der Waals surface area contributed by atoms with Crippen molar-refractivity contribution in [3.63, 3.8) is 0 Å². The lowest BCUT2D eigenvalue weighted by Crippen LogP contribution is -2.37. The van der Waals surface area contributed by atoms with E-state index in [1.807, 2.05) is 44.2 Å². The van der Waals surface area contributed by atoms with Crippen LogP contribution in [-0.4, -0.2) is 24.1 Å². The molecule has 0 fully saturated rings. The molecule has 1 N–H and O–H groups in total. The molecule has 210 valence electrons. The van der Waals surface area contributed by atoms with Crippen molar-refractivity contribution < 1.29 is 23.9 Å². The van der Waals surface area contributed by atoms with Crippen molar-refractivity contribution in [2.24, 2.45) is 10.8 Å². The highest BCUT2D eigenvalue weighted by atomic mass is 79.9. The zero-order valence-electron chi connectivity index (χ0n) is 24.0. The minimum Gasteiger partial charge on any atom is -0.483 e. The first-order valence-electron chi connectivity index (χ1n) is 13.7. The van der Waals surface area contributed by atoms with Gasteiger partial charge in [0.25, 0.3) is 5.91 Å². The summed E-state index contributed by atoms with van der Waals surface area (Å²) in [6, 6.07) is 11.3. The summed E-state index contributed by atoms with van der Waals surface area (Å²) in [6.07, 6.45) is 1.96. The van der Waals surface area contributed by atoms with Crippen LogP contribution in [0, 0.1) is 24.7 Å². The number of rotatable bonds is 5. The number of nitrogens with one attached hydrogen (secondary N) is 1. The molecule has 2 aliphatic carbocycles. The summed E-state index contributed by atoms with van der Waals surface area (Å²) in [4.78, 5) is 40.2. The third kappa shape index (κ3) is 5.67. The van der Waals surface area contributed by atoms with Crippen LogP contribution in [0.4, 0.5) is 5.69 Å². The van der Waals surface area contributed by atoms with Gasteiger partial charge in [-0.05, 0) is 66.1 Å². The van der Waals surface area contributed by atoms with E-state index in [-0.39, 0.29) is 34.9 Å². The van der Waals surface area contributed by atoms with Gasteiger partial charge in [-0.3, -0.25) is 14.4 Å². The quantitative estimate of drug-likeness (QED) is 0.382. The Hall–Kier alpha value is -3.19. The van der Waals surface area contributed by atoms with Gasteiger partial charge in [0, 0.05) is 52.6 Å². The summed E-state index contributed by atoms with van der Waals surface area (Å²) < 4.78 is 13.3. The molecule has 6 nitrogen and oxygen atoms in total. The van der Waals surface area contributed by atoms with Gasteiger partial charge in [0.05, 0.1) is 5.92 Å². The molecule has 0 saturated carbocycles. The van der Waals surface area contributed by atoms with Gasteiger partial charge in [0.1, 0.15) is 17.3 Å². The maximum Gasteiger partial charge on any atom is 0.262 e. The Morgan fingerprint density at radius 1 is 0.900 bits per heavy atom. The molecule has 1 amide bonds. The molecule has 0 bridgehead atoms. The molecular formula is C33H36BrNO5. The molecule has 0 saturated heterocycles. The van der Waals surface area contributed by atoms with E-state index in [4.69, 9.17) is 9.47 Å². The van der Waals surface area contributed by atoms with Crippen LogP contribution in [0.2, 0.25) is 0 Å². The standard InChI is InChI=1S/C33H36BrNO5/c1-18-7-9-21(11-19(18)2)35-28(38)17-39-25-10-8-20(34)12-22(25)29-30-23(36)13-32(3,4)15-26(30)40-27-16-33(5,6)14-24(37)31(27)29/h7-12,29H,13-17H2,1-6H3,(H,35,38). The SMILES string of the molecule is Cc1ccc(NC(=O)COc2ccc(Br)cc2C2C3=C(CC(C)(C)CC3=O)OC3=C2C(=O)CC(C)(C)C3)cc1C. The third-order valence-corrected chi connectivity index (χ3v) is 8.51. The van der Waals surface area contributed by atoms with Crippen LogP contribution in [0.3, 0.4) is 0 Å². The van der Waals surface area contributed by atoms with E-state index in [0.29, 0.717) is 65.3 Å². The summed E-state index contributed by atoms with van der Waals surface area (Å²) >= 11 is 3.57. The lowest BCUT2D eigenvalue weighted by molar-refractivity contribution is -0.121. The van der Waals surface area contributed by atoms with Crippen molar-refractivity contribution in [2.45, 2.75) is 73.1 Å². The average molecular weight is 607 g/mol. The minimum atomic E-state index is -0.610. The molecule has 0 spiro atoms. The molecule has 0 radical (unpaired) electrons. The van der Waals surface area contributed by atoms with Crippen LogP contribution in [0.25, 0.3) is 0 Å². The van der Waals surface area contributed by atoms with Crippen LogP contribution in [-0.2, 0) is 19.1 Å². The number of anilines is 1. The van der Waals surface area contributed by atoms with Gasteiger partial charge >= 0.3 is 0 Å². The zero-order chi connectivity index (χ0) is 29.0. The number of hydrogen-bond acceptors (Lipinski definition) is 5. The third-order valence-electron chi connectivity index (χ3n) is 8.01. The van der Waals surface area contributed by atoms with E-state index in [1.165, 1.54) is 0 Å². The van der Waals surface area contributed by atoms with Crippen molar-refractivity contribution in [1.29, 1.82) is 0 Å². The van der Waals surface area contributed by atoms with Crippen LogP contribution in [0.1, 0.15) is 76.0 Å². The van der Waals surface area contributed by atoms with E-state index < -0.39 is 5.92 Å². The predicted octanol–water partition coefficient (Wildman–Crippen LogP) is 7.48. The number of carbonyl (C=O) groups is 3. The molecule has 40 heavy (non-hydrogen) atoms. The van der Waals surface area contributed by atoms with Gasteiger partial charge in [-0.2, -0.15) is 0 Å². The number of Topliss-reactive ketones (excluding diaryl/α,β-unsaturated/α-hetero) is 2. The maximum atomic E-state index is 13.7. The van der Waals surface area contributed by atoms with E-state index in [0.717, 1.165) is 15.6 Å². The molecule has 0 unspecified atom stereocenters. The topological polar surface area (TPSA) is 81.7 Å². The summed E-state index contributed by atoms with van der Waals surface area (Å²) in [5, 5.41) is 2.89. The molecule has 7 heteroatoms. The van der Waals surface area contributed by atoms with Crippen LogP contribution < -0.4 is 10.1 Å². The molecule has 1 heterocycles. The van der Waals surface area contributed by atoms with E-state index in [1.54, 1.807) is 6.07 Å². The second kappa shape index (κ2) is 10.3. The van der Waals surface area contributed by atoms with Crippen molar-refractivity contribution in [3.8, 4) is 5.75 Å². The van der Waals surface area contributed by atoms with Crippen LogP contribution in [0.5, 0.6) is 5.75 Å².